The zero-order valence-electron chi connectivity index (χ0n) is 12.5. The molecule has 8 heteroatoms. The van der Waals surface area contributed by atoms with Crippen molar-refractivity contribution in [2.24, 2.45) is 0 Å². The molecular weight excluding hydrogens is 340 g/mol. The average molecular weight is 348 g/mol. The number of aromatic nitrogens is 1. The van der Waals surface area contributed by atoms with E-state index in [2.05, 4.69) is 10.3 Å². The molecule has 0 aliphatic carbocycles. The van der Waals surface area contributed by atoms with Gasteiger partial charge in [0.2, 0.25) is 0 Å². The summed E-state index contributed by atoms with van der Waals surface area (Å²) >= 11 is 1.30. The minimum atomic E-state index is -0.537. The van der Waals surface area contributed by atoms with Crippen LogP contribution in [0.2, 0.25) is 0 Å². The lowest BCUT2D eigenvalue weighted by atomic mass is 10.0. The van der Waals surface area contributed by atoms with Crippen molar-refractivity contribution in [1.82, 2.24) is 4.98 Å². The zero-order chi connectivity index (χ0) is 17.6. The summed E-state index contributed by atoms with van der Waals surface area (Å²) in [6.07, 6.45) is 0. The van der Waals surface area contributed by atoms with Gasteiger partial charge in [0, 0.05) is 23.4 Å². The Labute approximate surface area is 145 Å². The highest BCUT2D eigenvalue weighted by Crippen LogP contribution is 2.40. The van der Waals surface area contributed by atoms with Crippen molar-refractivity contribution >= 4 is 50.0 Å². The van der Waals surface area contributed by atoms with Gasteiger partial charge in [0.05, 0.1) is 20.7 Å². The van der Waals surface area contributed by atoms with Crippen LogP contribution < -0.4 is 5.32 Å². The van der Waals surface area contributed by atoms with E-state index < -0.39 is 10.8 Å². The van der Waals surface area contributed by atoms with Gasteiger partial charge in [-0.15, -0.1) is 11.3 Å². The van der Waals surface area contributed by atoms with Gasteiger partial charge in [-0.2, -0.15) is 5.26 Å². The molecule has 2 heterocycles. The number of hydrogen-bond acceptors (Lipinski definition) is 6. The van der Waals surface area contributed by atoms with Gasteiger partial charge in [-0.05, 0) is 18.2 Å². The largest absolute Gasteiger partial charge is 0.321 e. The fourth-order valence-electron chi connectivity index (χ4n) is 2.71. The molecular formula is C17H8N4O3S. The fraction of sp³-hybridized carbons (Fsp3) is 0. The van der Waals surface area contributed by atoms with Crippen LogP contribution in [0.1, 0.15) is 10.6 Å². The minimum Gasteiger partial charge on any atom is -0.321 e. The van der Waals surface area contributed by atoms with Crippen LogP contribution in [0.25, 0.3) is 21.4 Å². The zero-order valence-corrected chi connectivity index (χ0v) is 13.3. The molecule has 1 aliphatic heterocycles. The topological polar surface area (TPSA) is 109 Å². The van der Waals surface area contributed by atoms with E-state index in [1.165, 1.54) is 29.5 Å². The lowest BCUT2D eigenvalue weighted by Crippen LogP contribution is -2.05. The maximum absolute atomic E-state index is 12.4. The van der Waals surface area contributed by atoms with Crippen molar-refractivity contribution in [3.05, 3.63) is 63.1 Å². The van der Waals surface area contributed by atoms with Crippen LogP contribution in [0, 0.1) is 21.4 Å². The smallest absolute Gasteiger partial charge is 0.270 e. The molecule has 0 fully saturated rings. The Balaban J connectivity index is 1.97. The van der Waals surface area contributed by atoms with Gasteiger partial charge in [0.25, 0.3) is 11.6 Å². The van der Waals surface area contributed by atoms with E-state index in [0.717, 1.165) is 10.2 Å². The third-order valence-corrected chi connectivity index (χ3v) is 4.88. The minimum absolute atomic E-state index is 0.109. The molecule has 7 nitrogen and oxygen atoms in total. The van der Waals surface area contributed by atoms with Crippen LogP contribution >= 0.6 is 11.3 Å². The fourth-order valence-corrected chi connectivity index (χ4v) is 3.67. The van der Waals surface area contributed by atoms with Crippen LogP contribution in [-0.4, -0.2) is 15.8 Å². The predicted molar refractivity (Wildman–Crippen MR) is 93.8 cm³/mol. The number of nitro benzene ring substituents is 1. The second-order valence-corrected chi connectivity index (χ2v) is 6.32. The Morgan fingerprint density at radius 1 is 1.28 bits per heavy atom. The van der Waals surface area contributed by atoms with Crippen molar-refractivity contribution in [3.8, 4) is 6.07 Å². The van der Waals surface area contributed by atoms with E-state index in [-0.39, 0.29) is 16.8 Å². The number of amides is 1. The highest BCUT2D eigenvalue weighted by molar-refractivity contribution is 7.19. The molecule has 0 spiro atoms. The Morgan fingerprint density at radius 2 is 2.08 bits per heavy atom. The first kappa shape index (κ1) is 15.0. The standard InChI is InChI=1S/C17H8N4O3S/c18-8-11(17-20-13-3-1-2-4-14(13)25-17)15-10-7-9(21(23)24)5-6-12(10)19-16(15)22/h1-7H,(H,19,22)/b15-11+. The number of thiazole rings is 1. The van der Waals surface area contributed by atoms with E-state index in [0.29, 0.717) is 16.3 Å². The van der Waals surface area contributed by atoms with E-state index in [4.69, 9.17) is 0 Å². The molecule has 25 heavy (non-hydrogen) atoms. The molecule has 1 aliphatic rings. The summed E-state index contributed by atoms with van der Waals surface area (Å²) in [5.41, 5.74) is 1.59. The average Bonchev–Trinajstić information content (AvgIpc) is 3.16. The quantitative estimate of drug-likeness (QED) is 0.329. The van der Waals surface area contributed by atoms with Crippen molar-refractivity contribution in [2.45, 2.75) is 0 Å². The third-order valence-electron chi connectivity index (χ3n) is 3.83. The normalized spacial score (nSPS) is 14.8. The number of non-ortho nitro benzene ring substituents is 1. The van der Waals surface area contributed by atoms with Crippen LogP contribution in [0.4, 0.5) is 11.4 Å². The number of para-hydroxylation sites is 1. The number of allylic oxidation sites excluding steroid dienone is 1. The highest BCUT2D eigenvalue weighted by atomic mass is 32.1. The number of hydrogen-bond donors (Lipinski definition) is 1. The SMILES string of the molecule is N#C/C(=C1\C(=O)Nc2ccc([N+](=O)[O-])cc21)c1nc2ccccc2s1. The molecule has 0 unspecified atom stereocenters. The predicted octanol–water partition coefficient (Wildman–Crippen LogP) is 3.59. The van der Waals surface area contributed by atoms with E-state index in [9.17, 15) is 20.2 Å². The highest BCUT2D eigenvalue weighted by Gasteiger charge is 2.31. The van der Waals surface area contributed by atoms with E-state index in [1.807, 2.05) is 30.3 Å². The molecule has 0 radical (unpaired) electrons. The number of fused-ring (bicyclic) bond motifs is 2. The molecule has 2 aromatic carbocycles. The molecule has 120 valence electrons. The Kier molecular flexibility index (Phi) is 3.30. The number of carbonyl (C=O) groups is 1. The van der Waals surface area contributed by atoms with E-state index >= 15 is 0 Å². The Bertz CT molecular complexity index is 1110. The van der Waals surface area contributed by atoms with Gasteiger partial charge in [0.1, 0.15) is 16.6 Å². The molecule has 0 bridgehead atoms. The van der Waals surface area contributed by atoms with Crippen molar-refractivity contribution in [3.63, 3.8) is 0 Å². The summed E-state index contributed by atoms with van der Waals surface area (Å²) in [5.74, 6) is -0.466. The van der Waals surface area contributed by atoms with Crippen molar-refractivity contribution in [1.29, 1.82) is 5.26 Å². The summed E-state index contributed by atoms with van der Waals surface area (Å²) in [6, 6.07) is 13.5. The third kappa shape index (κ3) is 2.34. The van der Waals surface area contributed by atoms with Crippen molar-refractivity contribution < 1.29 is 9.72 Å². The van der Waals surface area contributed by atoms with Crippen LogP contribution in [0.3, 0.4) is 0 Å². The first-order chi connectivity index (χ1) is 12.1. The lowest BCUT2D eigenvalue weighted by Gasteiger charge is -2.00. The molecule has 4 rings (SSSR count). The number of nitrogens with zero attached hydrogens (tertiary/aromatic N) is 3. The second kappa shape index (κ2) is 5.51. The van der Waals surface area contributed by atoms with Gasteiger partial charge in [0.15, 0.2) is 0 Å². The van der Waals surface area contributed by atoms with Gasteiger partial charge < -0.3 is 5.32 Å². The molecule has 1 amide bonds. The number of anilines is 1. The monoisotopic (exact) mass is 348 g/mol. The number of nitriles is 1. The van der Waals surface area contributed by atoms with Crippen molar-refractivity contribution in [2.75, 3.05) is 5.32 Å². The van der Waals surface area contributed by atoms with Gasteiger partial charge in [-0.1, -0.05) is 12.1 Å². The maximum Gasteiger partial charge on any atom is 0.270 e. The Hall–Kier alpha value is -3.57. The molecule has 0 saturated carbocycles. The summed E-state index contributed by atoms with van der Waals surface area (Å²) < 4.78 is 0.892. The second-order valence-electron chi connectivity index (χ2n) is 5.29. The summed E-state index contributed by atoms with van der Waals surface area (Å²) in [7, 11) is 0. The van der Waals surface area contributed by atoms with Gasteiger partial charge >= 0.3 is 0 Å². The number of carbonyl (C=O) groups excluding carboxylic acids is 1. The maximum atomic E-state index is 12.4. The molecule has 1 aromatic heterocycles. The first-order valence-corrected chi connectivity index (χ1v) is 8.00. The first-order valence-electron chi connectivity index (χ1n) is 7.19. The van der Waals surface area contributed by atoms with Gasteiger partial charge in [-0.25, -0.2) is 4.98 Å². The Morgan fingerprint density at radius 3 is 2.80 bits per heavy atom. The number of benzene rings is 2. The van der Waals surface area contributed by atoms with Gasteiger partial charge in [-0.3, -0.25) is 14.9 Å². The van der Waals surface area contributed by atoms with E-state index in [1.54, 1.807) is 0 Å². The number of nitrogens with one attached hydrogen (secondary N) is 1. The van der Waals surface area contributed by atoms with Crippen LogP contribution in [0.15, 0.2) is 42.5 Å². The number of rotatable bonds is 2. The molecule has 0 saturated heterocycles. The lowest BCUT2D eigenvalue weighted by molar-refractivity contribution is -0.384. The van der Waals surface area contributed by atoms with Crippen LogP contribution in [-0.2, 0) is 4.79 Å². The number of nitro groups is 1. The molecule has 0 atom stereocenters. The summed E-state index contributed by atoms with van der Waals surface area (Å²) in [5, 5.41) is 23.7. The summed E-state index contributed by atoms with van der Waals surface area (Å²) in [4.78, 5) is 27.3. The molecule has 3 aromatic rings. The summed E-state index contributed by atoms with van der Waals surface area (Å²) in [6.45, 7) is 0. The van der Waals surface area contributed by atoms with Crippen LogP contribution in [0.5, 0.6) is 0 Å². The molecule has 1 N–H and O–H groups in total.